The van der Waals surface area contributed by atoms with Crippen LogP contribution in [0.3, 0.4) is 0 Å². The smallest absolute Gasteiger partial charge is 0.207 e. The number of benzene rings is 1. The number of aromatic nitrogens is 3. The third kappa shape index (κ3) is 3.38. The third-order valence-electron chi connectivity index (χ3n) is 3.57. The second kappa shape index (κ2) is 6.62. The van der Waals surface area contributed by atoms with Crippen molar-refractivity contribution in [3.63, 3.8) is 0 Å². The fraction of sp³-hybridized carbons (Fsp3) is 0.0556. The van der Waals surface area contributed by atoms with E-state index in [0.29, 0.717) is 17.2 Å². The van der Waals surface area contributed by atoms with Crippen LogP contribution in [0.4, 0.5) is 13.2 Å². The van der Waals surface area contributed by atoms with Crippen molar-refractivity contribution in [1.29, 1.82) is 0 Å². The van der Waals surface area contributed by atoms with Gasteiger partial charge in [-0.25, -0.2) is 15.0 Å². The van der Waals surface area contributed by atoms with Crippen LogP contribution in [0, 0.1) is 0 Å². The number of hydrogen-bond acceptors (Lipinski definition) is 5. The molecule has 3 heterocycles. The number of hydrogen-bond donors (Lipinski definition) is 0. The lowest BCUT2D eigenvalue weighted by Gasteiger charge is -2.09. The van der Waals surface area contributed by atoms with Crippen molar-refractivity contribution in [3.8, 4) is 32.8 Å². The Bertz CT molecular complexity index is 974. The summed E-state index contributed by atoms with van der Waals surface area (Å²) >= 11 is 2.93. The summed E-state index contributed by atoms with van der Waals surface area (Å²) in [6.45, 7) is 0. The first-order valence-electron chi connectivity index (χ1n) is 7.52. The number of thiophene rings is 2. The monoisotopic (exact) mass is 389 g/mol. The van der Waals surface area contributed by atoms with Gasteiger partial charge >= 0.3 is 6.18 Å². The standard InChI is InChI=1S/C18H10F3N3S2/c19-18(20,21)12-5-1-4-11(10-12)15-22-16(13-6-2-8-25-13)24-17(23-15)14-7-3-9-26-14/h1-10H. The van der Waals surface area contributed by atoms with E-state index in [2.05, 4.69) is 15.0 Å². The molecule has 0 spiro atoms. The van der Waals surface area contributed by atoms with E-state index in [1.807, 2.05) is 35.0 Å². The summed E-state index contributed by atoms with van der Waals surface area (Å²) in [5.41, 5.74) is -0.427. The number of halogens is 3. The van der Waals surface area contributed by atoms with E-state index in [4.69, 9.17) is 0 Å². The summed E-state index contributed by atoms with van der Waals surface area (Å²) in [5.74, 6) is 1.12. The fourth-order valence-electron chi connectivity index (χ4n) is 2.37. The van der Waals surface area contributed by atoms with E-state index in [1.165, 1.54) is 28.7 Å². The zero-order valence-electron chi connectivity index (χ0n) is 13.1. The molecule has 0 unspecified atom stereocenters. The lowest BCUT2D eigenvalue weighted by molar-refractivity contribution is -0.137. The Kier molecular flexibility index (Phi) is 4.29. The molecule has 130 valence electrons. The summed E-state index contributed by atoms with van der Waals surface area (Å²) < 4.78 is 39.1. The van der Waals surface area contributed by atoms with E-state index in [1.54, 1.807) is 6.07 Å². The molecule has 0 aliphatic carbocycles. The molecular formula is C18H10F3N3S2. The number of nitrogens with zero attached hydrogens (tertiary/aromatic N) is 3. The second-order valence-electron chi connectivity index (χ2n) is 5.34. The minimum atomic E-state index is -4.42. The van der Waals surface area contributed by atoms with Gasteiger partial charge in [-0.05, 0) is 35.0 Å². The van der Waals surface area contributed by atoms with Gasteiger partial charge in [0.2, 0.25) is 0 Å². The Morgan fingerprint density at radius 3 is 1.77 bits per heavy atom. The molecule has 4 aromatic rings. The average Bonchev–Trinajstić information content (AvgIpc) is 3.34. The van der Waals surface area contributed by atoms with Gasteiger partial charge in [-0.2, -0.15) is 13.2 Å². The first-order chi connectivity index (χ1) is 12.5. The molecule has 0 saturated carbocycles. The lowest BCUT2D eigenvalue weighted by Crippen LogP contribution is -2.05. The molecular weight excluding hydrogens is 379 g/mol. The van der Waals surface area contributed by atoms with Crippen LogP contribution in [0.5, 0.6) is 0 Å². The maximum Gasteiger partial charge on any atom is 0.416 e. The minimum Gasteiger partial charge on any atom is -0.207 e. The Morgan fingerprint density at radius 1 is 0.692 bits per heavy atom. The van der Waals surface area contributed by atoms with Gasteiger partial charge in [0.25, 0.3) is 0 Å². The van der Waals surface area contributed by atoms with Crippen LogP contribution in [0.25, 0.3) is 32.8 Å². The molecule has 3 nitrogen and oxygen atoms in total. The molecule has 0 amide bonds. The van der Waals surface area contributed by atoms with Gasteiger partial charge in [0.1, 0.15) is 0 Å². The molecule has 8 heteroatoms. The summed E-state index contributed by atoms with van der Waals surface area (Å²) in [4.78, 5) is 15.0. The normalized spacial score (nSPS) is 11.7. The van der Waals surface area contributed by atoms with Crippen molar-refractivity contribution < 1.29 is 13.2 Å². The lowest BCUT2D eigenvalue weighted by atomic mass is 10.1. The molecule has 0 atom stereocenters. The van der Waals surface area contributed by atoms with Gasteiger partial charge in [-0.1, -0.05) is 24.3 Å². The average molecular weight is 389 g/mol. The van der Waals surface area contributed by atoms with E-state index in [0.717, 1.165) is 21.9 Å². The van der Waals surface area contributed by atoms with Crippen LogP contribution >= 0.6 is 22.7 Å². The highest BCUT2D eigenvalue weighted by Crippen LogP contribution is 2.33. The molecule has 0 aliphatic rings. The first kappa shape index (κ1) is 16.9. The van der Waals surface area contributed by atoms with Gasteiger partial charge in [-0.15, -0.1) is 22.7 Å². The molecule has 3 aromatic heterocycles. The summed E-state index contributed by atoms with van der Waals surface area (Å²) in [6, 6.07) is 12.5. The van der Waals surface area contributed by atoms with Gasteiger partial charge in [0.15, 0.2) is 17.5 Å². The van der Waals surface area contributed by atoms with E-state index < -0.39 is 11.7 Å². The highest BCUT2D eigenvalue weighted by molar-refractivity contribution is 7.13. The Balaban J connectivity index is 1.88. The van der Waals surface area contributed by atoms with Crippen molar-refractivity contribution in [2.45, 2.75) is 6.18 Å². The molecule has 1 aromatic carbocycles. The van der Waals surface area contributed by atoms with Gasteiger partial charge in [0.05, 0.1) is 15.3 Å². The molecule has 0 radical (unpaired) electrons. The van der Waals surface area contributed by atoms with Crippen LogP contribution in [-0.4, -0.2) is 15.0 Å². The molecule has 4 rings (SSSR count). The molecule has 26 heavy (non-hydrogen) atoms. The van der Waals surface area contributed by atoms with Crippen LogP contribution < -0.4 is 0 Å². The van der Waals surface area contributed by atoms with Crippen LogP contribution in [0.15, 0.2) is 59.3 Å². The Morgan fingerprint density at radius 2 is 1.27 bits per heavy atom. The minimum absolute atomic E-state index is 0.220. The molecule has 0 N–H and O–H groups in total. The van der Waals surface area contributed by atoms with Crippen LogP contribution in [0.2, 0.25) is 0 Å². The number of alkyl halides is 3. The zero-order chi connectivity index (χ0) is 18.1. The highest BCUT2D eigenvalue weighted by Gasteiger charge is 2.30. The van der Waals surface area contributed by atoms with Gasteiger partial charge < -0.3 is 0 Å². The van der Waals surface area contributed by atoms with Crippen molar-refractivity contribution >= 4 is 22.7 Å². The molecule has 0 saturated heterocycles. The predicted octanol–water partition coefficient (Wildman–Crippen LogP) is 6.01. The predicted molar refractivity (Wildman–Crippen MR) is 96.9 cm³/mol. The topological polar surface area (TPSA) is 38.7 Å². The van der Waals surface area contributed by atoms with Crippen LogP contribution in [-0.2, 0) is 6.18 Å². The van der Waals surface area contributed by atoms with Crippen molar-refractivity contribution in [3.05, 3.63) is 64.9 Å². The SMILES string of the molecule is FC(F)(F)c1cccc(-c2nc(-c3cccs3)nc(-c3cccs3)n2)c1. The van der Waals surface area contributed by atoms with E-state index in [9.17, 15) is 13.2 Å². The molecule has 0 aliphatic heterocycles. The maximum absolute atomic E-state index is 13.0. The zero-order valence-corrected chi connectivity index (χ0v) is 14.7. The van der Waals surface area contributed by atoms with E-state index in [-0.39, 0.29) is 5.82 Å². The summed E-state index contributed by atoms with van der Waals surface area (Å²) in [7, 11) is 0. The maximum atomic E-state index is 13.0. The van der Waals surface area contributed by atoms with E-state index >= 15 is 0 Å². The second-order valence-corrected chi connectivity index (χ2v) is 7.23. The van der Waals surface area contributed by atoms with Crippen molar-refractivity contribution in [1.82, 2.24) is 15.0 Å². The third-order valence-corrected chi connectivity index (χ3v) is 5.30. The highest BCUT2D eigenvalue weighted by atomic mass is 32.1. The molecule has 0 fully saturated rings. The van der Waals surface area contributed by atoms with Gasteiger partial charge in [0, 0.05) is 5.56 Å². The summed E-state index contributed by atoms with van der Waals surface area (Å²) in [5, 5.41) is 3.79. The summed E-state index contributed by atoms with van der Waals surface area (Å²) in [6.07, 6.45) is -4.42. The largest absolute Gasteiger partial charge is 0.416 e. The molecule has 0 bridgehead atoms. The Labute approximate surface area is 154 Å². The van der Waals surface area contributed by atoms with Crippen molar-refractivity contribution in [2.24, 2.45) is 0 Å². The fourth-order valence-corrected chi connectivity index (χ4v) is 3.69. The van der Waals surface area contributed by atoms with Crippen LogP contribution in [0.1, 0.15) is 5.56 Å². The van der Waals surface area contributed by atoms with Gasteiger partial charge in [-0.3, -0.25) is 0 Å². The number of rotatable bonds is 3. The first-order valence-corrected chi connectivity index (χ1v) is 9.28. The quantitative estimate of drug-likeness (QED) is 0.430. The Hall–Kier alpha value is -2.58. The van der Waals surface area contributed by atoms with Crippen molar-refractivity contribution in [2.75, 3.05) is 0 Å².